The molecule has 0 atom stereocenters. The summed E-state index contributed by atoms with van der Waals surface area (Å²) in [6, 6.07) is 10.1. The highest BCUT2D eigenvalue weighted by atomic mass is 16.5. The monoisotopic (exact) mass is 455 g/mol. The van der Waals surface area contributed by atoms with E-state index in [-0.39, 0.29) is 5.41 Å². The number of fused-ring (bicyclic) bond motifs is 1. The second-order valence-corrected chi connectivity index (χ2v) is 8.92. The van der Waals surface area contributed by atoms with Crippen molar-refractivity contribution in [2.45, 2.75) is 20.8 Å². The molecule has 4 heterocycles. The van der Waals surface area contributed by atoms with Gasteiger partial charge in [-0.3, -0.25) is 0 Å². The van der Waals surface area contributed by atoms with E-state index >= 15 is 0 Å². The summed E-state index contributed by atoms with van der Waals surface area (Å²) >= 11 is 0. The maximum Gasteiger partial charge on any atom is 0.227 e. The van der Waals surface area contributed by atoms with Crippen molar-refractivity contribution < 1.29 is 4.74 Å². The van der Waals surface area contributed by atoms with Gasteiger partial charge in [0, 0.05) is 43.0 Å². The van der Waals surface area contributed by atoms with E-state index in [4.69, 9.17) is 14.7 Å². The third-order valence-electron chi connectivity index (χ3n) is 6.12. The van der Waals surface area contributed by atoms with Gasteiger partial charge in [-0.2, -0.15) is 5.26 Å². The van der Waals surface area contributed by atoms with Gasteiger partial charge in [-0.1, -0.05) is 0 Å². The van der Waals surface area contributed by atoms with Crippen LogP contribution in [-0.4, -0.2) is 49.9 Å². The Morgan fingerprint density at radius 2 is 1.94 bits per heavy atom. The number of nitrogens with zero attached hydrogens (tertiary/aromatic N) is 8. The number of hydrogen-bond donors (Lipinski definition) is 1. The number of anilines is 3. The van der Waals surface area contributed by atoms with Gasteiger partial charge < -0.3 is 19.5 Å². The molecule has 0 amide bonds. The number of methoxy groups -OCH3 is 1. The maximum absolute atomic E-state index is 9.39. The normalized spacial score (nSPS) is 14.5. The zero-order valence-electron chi connectivity index (χ0n) is 19.8. The Kier molecular flexibility index (Phi) is 5.05. The second-order valence-electron chi connectivity index (χ2n) is 8.92. The molecule has 172 valence electrons. The predicted molar refractivity (Wildman–Crippen MR) is 129 cm³/mol. The Morgan fingerprint density at radius 3 is 2.62 bits per heavy atom. The fourth-order valence-corrected chi connectivity index (χ4v) is 4.16. The van der Waals surface area contributed by atoms with Crippen LogP contribution in [0.25, 0.3) is 22.3 Å². The molecule has 0 unspecified atom stereocenters. The number of pyridine rings is 1. The summed E-state index contributed by atoms with van der Waals surface area (Å²) in [6.45, 7) is 7.06. The molecule has 1 saturated heterocycles. The molecular formula is C24H25N9O. The third-order valence-corrected chi connectivity index (χ3v) is 6.12. The van der Waals surface area contributed by atoms with Crippen LogP contribution in [-0.2, 0) is 7.05 Å². The van der Waals surface area contributed by atoms with E-state index in [0.717, 1.165) is 45.3 Å². The molecule has 10 heteroatoms. The number of hydrogen-bond acceptors (Lipinski definition) is 9. The van der Waals surface area contributed by atoms with Crippen LogP contribution in [0.1, 0.15) is 18.4 Å². The van der Waals surface area contributed by atoms with Crippen molar-refractivity contribution in [1.82, 2.24) is 29.7 Å². The van der Waals surface area contributed by atoms with Crippen LogP contribution in [0.15, 0.2) is 30.5 Å². The molecule has 0 saturated carbocycles. The molecule has 1 fully saturated rings. The Morgan fingerprint density at radius 1 is 1.15 bits per heavy atom. The molecular weight excluding hydrogens is 430 g/mol. The Hall–Kier alpha value is -4.26. The van der Waals surface area contributed by atoms with E-state index in [0.29, 0.717) is 24.8 Å². The summed E-state index contributed by atoms with van der Waals surface area (Å²) in [7, 11) is 3.55. The zero-order valence-corrected chi connectivity index (χ0v) is 19.8. The maximum atomic E-state index is 9.39. The molecule has 0 bridgehead atoms. The fourth-order valence-electron chi connectivity index (χ4n) is 4.16. The van der Waals surface area contributed by atoms with E-state index < -0.39 is 0 Å². The molecule has 4 aromatic rings. The Bertz CT molecular complexity index is 1450. The average molecular weight is 456 g/mol. The van der Waals surface area contributed by atoms with Crippen molar-refractivity contribution in [2.75, 3.05) is 30.4 Å². The average Bonchev–Trinajstić information content (AvgIpc) is 3.15. The molecule has 1 aliphatic rings. The van der Waals surface area contributed by atoms with Crippen molar-refractivity contribution in [3.63, 3.8) is 0 Å². The largest absolute Gasteiger partial charge is 0.495 e. The van der Waals surface area contributed by atoms with Crippen molar-refractivity contribution in [3.8, 4) is 23.2 Å². The summed E-state index contributed by atoms with van der Waals surface area (Å²) in [5.41, 5.74) is 2.89. The van der Waals surface area contributed by atoms with Gasteiger partial charge >= 0.3 is 0 Å². The highest BCUT2D eigenvalue weighted by molar-refractivity contribution is 5.90. The van der Waals surface area contributed by atoms with Crippen molar-refractivity contribution >= 4 is 28.4 Å². The number of aryl methyl sites for hydroxylation is 2. The van der Waals surface area contributed by atoms with Crippen LogP contribution in [0.5, 0.6) is 5.75 Å². The molecule has 1 N–H and O–H groups in total. The van der Waals surface area contributed by atoms with E-state index in [1.807, 2.05) is 56.7 Å². The van der Waals surface area contributed by atoms with Crippen LogP contribution in [0.2, 0.25) is 0 Å². The quantitative estimate of drug-likeness (QED) is 0.482. The van der Waals surface area contributed by atoms with Gasteiger partial charge in [-0.25, -0.2) is 15.0 Å². The predicted octanol–water partition coefficient (Wildman–Crippen LogP) is 3.54. The van der Waals surface area contributed by atoms with Crippen LogP contribution < -0.4 is 15.0 Å². The molecule has 10 nitrogen and oxygen atoms in total. The molecule has 0 spiro atoms. The molecule has 3 aromatic heterocycles. The number of aromatic nitrogens is 6. The fraction of sp³-hybridized carbons (Fsp3) is 0.333. The summed E-state index contributed by atoms with van der Waals surface area (Å²) in [6.07, 6.45) is 1.79. The van der Waals surface area contributed by atoms with Crippen molar-refractivity contribution in [1.29, 1.82) is 5.26 Å². The number of rotatable bonds is 5. The van der Waals surface area contributed by atoms with Gasteiger partial charge in [0.05, 0.1) is 24.3 Å². The third kappa shape index (κ3) is 3.65. The lowest BCUT2D eigenvalue weighted by Crippen LogP contribution is -2.54. The van der Waals surface area contributed by atoms with Crippen molar-refractivity contribution in [2.24, 2.45) is 12.5 Å². The molecule has 5 rings (SSSR count). The first kappa shape index (κ1) is 21.6. The number of benzene rings is 1. The molecule has 1 aliphatic heterocycles. The molecule has 34 heavy (non-hydrogen) atoms. The summed E-state index contributed by atoms with van der Waals surface area (Å²) in [5.74, 6) is 3.43. The van der Waals surface area contributed by atoms with E-state index in [1.165, 1.54) is 0 Å². The zero-order chi connectivity index (χ0) is 24.0. The minimum Gasteiger partial charge on any atom is -0.495 e. The summed E-state index contributed by atoms with van der Waals surface area (Å²) < 4.78 is 7.56. The number of ether oxygens (including phenoxy) is 1. The highest BCUT2D eigenvalue weighted by Crippen LogP contribution is 2.36. The van der Waals surface area contributed by atoms with Gasteiger partial charge in [0.1, 0.15) is 17.1 Å². The lowest BCUT2D eigenvalue weighted by Gasteiger charge is -2.44. The standard InChI is InChI=1S/C24H25N9O/c1-14-8-17-10-26-23(29-20(17)22(27-14)33-12-24(3,11-25)13-33)28-18-7-6-16(9-19(18)34-5)21-31-30-15(2)32(21)4/h6-10H,12-13H2,1-5H3,(H,26,28,29). The number of nitriles is 1. The van der Waals surface area contributed by atoms with Crippen molar-refractivity contribution in [3.05, 3.63) is 42.0 Å². The van der Waals surface area contributed by atoms with E-state index in [9.17, 15) is 5.26 Å². The van der Waals surface area contributed by atoms with Crippen LogP contribution >= 0.6 is 0 Å². The second kappa shape index (κ2) is 7.95. The van der Waals surface area contributed by atoms with E-state index in [2.05, 4.69) is 31.5 Å². The first-order valence-corrected chi connectivity index (χ1v) is 10.9. The van der Waals surface area contributed by atoms with Crippen LogP contribution in [0, 0.1) is 30.6 Å². The summed E-state index contributed by atoms with van der Waals surface area (Å²) in [4.78, 5) is 16.1. The first-order valence-electron chi connectivity index (χ1n) is 10.9. The first-order chi connectivity index (χ1) is 16.3. The Balaban J connectivity index is 1.48. The van der Waals surface area contributed by atoms with Gasteiger partial charge in [0.15, 0.2) is 11.6 Å². The molecule has 0 radical (unpaired) electrons. The molecule has 0 aliphatic carbocycles. The lowest BCUT2D eigenvalue weighted by molar-refractivity contribution is 0.335. The minimum absolute atomic E-state index is 0.359. The highest BCUT2D eigenvalue weighted by Gasteiger charge is 2.40. The molecule has 1 aromatic carbocycles. The smallest absolute Gasteiger partial charge is 0.227 e. The minimum atomic E-state index is -0.359. The summed E-state index contributed by atoms with van der Waals surface area (Å²) in [5, 5.41) is 21.9. The number of nitrogens with one attached hydrogen (secondary N) is 1. The topological polar surface area (TPSA) is 118 Å². The SMILES string of the molecule is COc1cc(-c2nnc(C)n2C)ccc1Nc1ncc2cc(C)nc(N3CC(C)(C#N)C3)c2n1. The van der Waals surface area contributed by atoms with Crippen LogP contribution in [0.3, 0.4) is 0 Å². The van der Waals surface area contributed by atoms with E-state index in [1.54, 1.807) is 13.3 Å². The Labute approximate surface area is 197 Å². The van der Waals surface area contributed by atoms with Gasteiger partial charge in [-0.15, -0.1) is 10.2 Å². The van der Waals surface area contributed by atoms with Gasteiger partial charge in [0.2, 0.25) is 5.95 Å². The lowest BCUT2D eigenvalue weighted by atomic mass is 9.83. The van der Waals surface area contributed by atoms with Crippen LogP contribution in [0.4, 0.5) is 17.5 Å². The van der Waals surface area contributed by atoms with Gasteiger partial charge in [0.25, 0.3) is 0 Å². The van der Waals surface area contributed by atoms with Gasteiger partial charge in [-0.05, 0) is 45.0 Å².